The quantitative estimate of drug-likeness (QED) is 0.345. The predicted octanol–water partition coefficient (Wildman–Crippen LogP) is 0.956. The van der Waals surface area contributed by atoms with E-state index in [2.05, 4.69) is 6.92 Å². The van der Waals surface area contributed by atoms with Crippen LogP contribution in [0.5, 0.6) is 0 Å². The van der Waals surface area contributed by atoms with E-state index in [-0.39, 0.29) is 0 Å². The van der Waals surface area contributed by atoms with Crippen LogP contribution in [-0.4, -0.2) is 89.3 Å². The molecule has 0 aromatic heterocycles. The fourth-order valence-corrected chi connectivity index (χ4v) is 2.54. The Morgan fingerprint density at radius 1 is 1.16 bits per heavy atom. The molecule has 0 saturated carbocycles. The molecule has 0 radical (unpaired) electrons. The molecule has 0 aromatic carbocycles. The summed E-state index contributed by atoms with van der Waals surface area (Å²) in [5.41, 5.74) is 0. The summed E-state index contributed by atoms with van der Waals surface area (Å²) >= 11 is 1.11. The van der Waals surface area contributed by atoms with Gasteiger partial charge in [0.25, 0.3) is 10.1 Å². The van der Waals surface area contributed by atoms with Crippen LogP contribution in [0.1, 0.15) is 39.0 Å². The second kappa shape index (κ2) is 12.2. The van der Waals surface area contributed by atoms with Crippen LogP contribution < -0.4 is 0 Å². The van der Waals surface area contributed by atoms with E-state index in [1.54, 1.807) is 0.515 Å². The van der Waals surface area contributed by atoms with Crippen molar-refractivity contribution in [2.75, 3.05) is 0 Å². The largest absolute Gasteiger partial charge is 0.481 e. The van der Waals surface area contributed by atoms with Crippen molar-refractivity contribution in [3.63, 3.8) is 0 Å². The average molecular weight is 322 g/mol. The van der Waals surface area contributed by atoms with E-state index in [1.807, 2.05) is 0 Å². The maximum absolute atomic E-state index is 10.2. The van der Waals surface area contributed by atoms with Gasteiger partial charge in [0, 0.05) is 0 Å². The normalized spacial score (nSPS) is 12.2. The zero-order valence-corrected chi connectivity index (χ0v) is 15.1. The molecule has 0 aliphatic carbocycles. The van der Waals surface area contributed by atoms with Crippen LogP contribution in [0.4, 0.5) is 0 Å². The van der Waals surface area contributed by atoms with E-state index < -0.39 is 33.7 Å². The minimum atomic E-state index is -4.84. The standard InChI is InChI=1S/C6H13.C4H6O7S.K/c1-3-5-6-4-2;5-3(6)1-2(4(7)8)12(9,10)11;/h1,3-6H2,2H3;2H,1H2,(H,5,6)(H,7,8)(H,9,10,11);. The van der Waals surface area contributed by atoms with Crippen molar-refractivity contribution in [3.05, 3.63) is 0 Å². The second-order valence-corrected chi connectivity index (χ2v) is 7.16. The molecule has 0 rings (SSSR count). The molecule has 0 aromatic rings. The number of hydrogen-bond acceptors (Lipinski definition) is 4. The van der Waals surface area contributed by atoms with Crippen LogP contribution in [0.25, 0.3) is 0 Å². The molecule has 1 atom stereocenters. The Balaban J connectivity index is 0. The smallest absolute Gasteiger partial charge is 0.325 e. The summed E-state index contributed by atoms with van der Waals surface area (Å²) in [7, 11) is -4.84. The monoisotopic (exact) mass is 322 g/mol. The molecular weight excluding hydrogens is 303 g/mol. The summed E-state index contributed by atoms with van der Waals surface area (Å²) in [5.74, 6) is -3.50. The van der Waals surface area contributed by atoms with Crippen molar-refractivity contribution >= 4 is 71.0 Å². The Bertz CT molecular complexity index is 362. The van der Waals surface area contributed by atoms with Crippen LogP contribution in [-0.2, 0) is 19.7 Å². The molecule has 0 amide bonds. The molecule has 0 saturated heterocycles. The first-order valence-corrected chi connectivity index (χ1v) is 9.78. The average Bonchev–Trinajstić information content (AvgIpc) is 2.25. The molecule has 0 bridgehead atoms. The van der Waals surface area contributed by atoms with Gasteiger partial charge in [-0.05, 0) is 0 Å². The molecule has 7 nitrogen and oxygen atoms in total. The van der Waals surface area contributed by atoms with Gasteiger partial charge in [0.2, 0.25) is 0 Å². The summed E-state index contributed by atoms with van der Waals surface area (Å²) < 4.78 is 30.2. The van der Waals surface area contributed by atoms with Crippen LogP contribution in [0.15, 0.2) is 0 Å². The summed E-state index contributed by atoms with van der Waals surface area (Å²) in [6.07, 6.45) is 4.67. The zero-order chi connectivity index (χ0) is 15.5. The maximum atomic E-state index is 10.2. The van der Waals surface area contributed by atoms with Crippen LogP contribution in [0.2, 0.25) is 0.515 Å². The maximum Gasteiger partial charge on any atom is 0.325 e. The van der Waals surface area contributed by atoms with Crippen molar-refractivity contribution in [1.82, 2.24) is 0 Å². The third-order valence-corrected chi connectivity index (χ3v) is 4.39. The van der Waals surface area contributed by atoms with Gasteiger partial charge < -0.3 is 10.2 Å². The Kier molecular flexibility index (Phi) is 14.0. The number of carboxylic acid groups (broad SMARTS) is 2. The van der Waals surface area contributed by atoms with Crippen molar-refractivity contribution < 1.29 is 32.8 Å². The first-order valence-electron chi connectivity index (χ1n) is 6.07. The van der Waals surface area contributed by atoms with Crippen molar-refractivity contribution in [1.29, 1.82) is 0 Å². The van der Waals surface area contributed by atoms with Gasteiger partial charge in [0.15, 0.2) is 5.25 Å². The minimum absolute atomic E-state index is 1.11. The van der Waals surface area contributed by atoms with Crippen molar-refractivity contribution in [2.24, 2.45) is 0 Å². The zero-order valence-electron chi connectivity index (χ0n) is 11.2. The van der Waals surface area contributed by atoms with E-state index >= 15 is 0 Å². The van der Waals surface area contributed by atoms with Gasteiger partial charge in [-0.2, -0.15) is 8.42 Å². The fourth-order valence-electron chi connectivity index (χ4n) is 1.16. The topological polar surface area (TPSA) is 129 Å². The molecular formula is C10H19KO7S. The molecule has 9 heteroatoms. The molecule has 3 N–H and O–H groups in total. The van der Waals surface area contributed by atoms with Gasteiger partial charge in [0.1, 0.15) is 0 Å². The summed E-state index contributed by atoms with van der Waals surface area (Å²) in [6, 6.07) is 0. The molecule has 0 aliphatic rings. The third kappa shape index (κ3) is 14.7. The van der Waals surface area contributed by atoms with E-state index in [0.29, 0.717) is 0 Å². The molecule has 19 heavy (non-hydrogen) atoms. The van der Waals surface area contributed by atoms with Crippen molar-refractivity contribution in [2.45, 2.75) is 44.8 Å². The van der Waals surface area contributed by atoms with Crippen LogP contribution in [0.3, 0.4) is 0 Å². The molecule has 108 valence electrons. The Labute approximate surface area is 147 Å². The van der Waals surface area contributed by atoms with Gasteiger partial charge >= 0.3 is 94.0 Å². The van der Waals surface area contributed by atoms with Gasteiger partial charge in [-0.1, -0.05) is 0 Å². The van der Waals surface area contributed by atoms with Crippen molar-refractivity contribution in [3.8, 4) is 0 Å². The minimum Gasteiger partial charge on any atom is -0.481 e. The first kappa shape index (κ1) is 21.8. The fraction of sp³-hybridized carbons (Fsp3) is 0.800. The second-order valence-electron chi connectivity index (χ2n) is 4.00. The molecule has 1 unspecified atom stereocenters. The summed E-state index contributed by atoms with van der Waals surface area (Å²) in [6.45, 7) is 2.26. The number of aliphatic carboxylic acids is 2. The predicted molar refractivity (Wildman–Crippen MR) is 69.9 cm³/mol. The Hall–Kier alpha value is 0.486. The number of carbonyl (C=O) groups is 2. The Morgan fingerprint density at radius 2 is 1.68 bits per heavy atom. The van der Waals surface area contributed by atoms with Gasteiger partial charge in [-0.15, -0.1) is 0 Å². The first-order chi connectivity index (χ1) is 8.66. The SMILES string of the molecule is CCCCC[CH2][K].O=C(O)CC(C(=O)O)S(=O)(=O)O. The van der Waals surface area contributed by atoms with Crippen LogP contribution >= 0.6 is 0 Å². The number of unbranched alkanes of at least 4 members (excludes halogenated alkanes) is 3. The number of hydrogen-bond donors (Lipinski definition) is 3. The third-order valence-electron chi connectivity index (χ3n) is 2.20. The van der Waals surface area contributed by atoms with Crippen LogP contribution in [0, 0.1) is 0 Å². The number of rotatable bonds is 8. The molecule has 0 heterocycles. The van der Waals surface area contributed by atoms with E-state index in [9.17, 15) is 18.0 Å². The van der Waals surface area contributed by atoms with E-state index in [1.165, 1.54) is 25.7 Å². The summed E-state index contributed by atoms with van der Waals surface area (Å²) in [5, 5.41) is 13.9. The molecule has 0 aliphatic heterocycles. The van der Waals surface area contributed by atoms with Gasteiger partial charge in [-0.3, -0.25) is 14.1 Å². The molecule has 0 spiro atoms. The van der Waals surface area contributed by atoms with E-state index in [0.717, 1.165) is 49.0 Å². The Morgan fingerprint density at radius 3 is 1.89 bits per heavy atom. The molecule has 0 fully saturated rings. The van der Waals surface area contributed by atoms with Gasteiger partial charge in [-0.25, -0.2) is 0 Å². The van der Waals surface area contributed by atoms with E-state index in [4.69, 9.17) is 14.8 Å². The van der Waals surface area contributed by atoms with Gasteiger partial charge in [0.05, 0.1) is 6.42 Å². The number of carboxylic acids is 2. The summed E-state index contributed by atoms with van der Waals surface area (Å²) in [4.78, 5) is 20.0.